The Balaban J connectivity index is 2.44. The molecule has 4 nitrogen and oxygen atoms in total. The smallest absolute Gasteiger partial charge is 0.175 e. The molecule has 0 aromatic heterocycles. The number of hydrogen-bond donors (Lipinski definition) is 2. The van der Waals surface area contributed by atoms with Crippen molar-refractivity contribution in [2.24, 2.45) is 5.84 Å². The Morgan fingerprint density at radius 2 is 1.71 bits per heavy atom. The quantitative estimate of drug-likeness (QED) is 0.660. The average Bonchev–Trinajstić information content (AvgIpc) is 2.43. The molecular formula is C14H14Cl2N2O2S. The molecule has 1 unspecified atom stereocenters. The highest BCUT2D eigenvalue weighted by Gasteiger charge is 2.17. The zero-order valence-corrected chi connectivity index (χ0v) is 13.5. The molecule has 112 valence electrons. The Hall–Kier alpha value is -1.11. The van der Waals surface area contributed by atoms with Gasteiger partial charge in [0, 0.05) is 16.3 Å². The first kappa shape index (κ1) is 16.3. The van der Waals surface area contributed by atoms with E-state index in [1.54, 1.807) is 30.3 Å². The topological polar surface area (TPSA) is 72.2 Å². The Morgan fingerprint density at radius 3 is 2.24 bits per heavy atom. The van der Waals surface area contributed by atoms with Gasteiger partial charge in [-0.25, -0.2) is 13.8 Å². The van der Waals surface area contributed by atoms with E-state index >= 15 is 0 Å². The summed E-state index contributed by atoms with van der Waals surface area (Å²) in [5, 5.41) is 1.07. The van der Waals surface area contributed by atoms with Crippen molar-refractivity contribution in [2.45, 2.75) is 10.9 Å². The van der Waals surface area contributed by atoms with Crippen LogP contribution in [0, 0.1) is 0 Å². The summed E-state index contributed by atoms with van der Waals surface area (Å²) >= 11 is 12.2. The molecule has 0 radical (unpaired) electrons. The second-order valence-corrected chi connectivity index (χ2v) is 7.47. The van der Waals surface area contributed by atoms with Crippen LogP contribution in [0.15, 0.2) is 47.4 Å². The first-order valence-corrected chi connectivity index (χ1v) is 8.69. The fraction of sp³-hybridized carbons (Fsp3) is 0.143. The van der Waals surface area contributed by atoms with Crippen LogP contribution >= 0.6 is 23.2 Å². The van der Waals surface area contributed by atoms with E-state index in [1.165, 1.54) is 12.1 Å². The van der Waals surface area contributed by atoms with Crippen LogP contribution in [0.4, 0.5) is 0 Å². The van der Waals surface area contributed by atoms with Crippen LogP contribution in [0.25, 0.3) is 0 Å². The third-order valence-corrected chi connectivity index (χ3v) is 4.79. The molecule has 0 amide bonds. The molecule has 0 fully saturated rings. The van der Waals surface area contributed by atoms with Gasteiger partial charge in [0.2, 0.25) is 0 Å². The van der Waals surface area contributed by atoms with E-state index in [-0.39, 0.29) is 10.9 Å². The second-order valence-electron chi connectivity index (χ2n) is 4.61. The number of benzene rings is 2. The largest absolute Gasteiger partial charge is 0.271 e. The van der Waals surface area contributed by atoms with Gasteiger partial charge in [0.1, 0.15) is 0 Å². The summed E-state index contributed by atoms with van der Waals surface area (Å²) in [4.78, 5) is 0.249. The van der Waals surface area contributed by atoms with Crippen LogP contribution in [-0.4, -0.2) is 14.7 Å². The summed E-state index contributed by atoms with van der Waals surface area (Å²) in [6, 6.07) is 11.2. The van der Waals surface area contributed by atoms with E-state index in [4.69, 9.17) is 29.0 Å². The van der Waals surface area contributed by atoms with Crippen LogP contribution in [0.3, 0.4) is 0 Å². The molecule has 1 atom stereocenters. The fourth-order valence-electron chi connectivity index (χ4n) is 2.01. The summed E-state index contributed by atoms with van der Waals surface area (Å²) in [5.41, 5.74) is 4.18. The van der Waals surface area contributed by atoms with Gasteiger partial charge >= 0.3 is 0 Å². The predicted octanol–water partition coefficient (Wildman–Crippen LogP) is 2.95. The summed E-state index contributed by atoms with van der Waals surface area (Å²) in [6.07, 6.45) is 1.16. The van der Waals surface area contributed by atoms with Crippen LogP contribution in [-0.2, 0) is 9.84 Å². The predicted molar refractivity (Wildman–Crippen MR) is 85.2 cm³/mol. The van der Waals surface area contributed by atoms with Crippen molar-refractivity contribution in [1.82, 2.24) is 5.43 Å². The Labute approximate surface area is 133 Å². The number of hydrazine groups is 1. The maximum Gasteiger partial charge on any atom is 0.175 e. The van der Waals surface area contributed by atoms with Crippen molar-refractivity contribution in [2.75, 3.05) is 6.26 Å². The fourth-order valence-corrected chi connectivity index (χ4v) is 3.05. The molecule has 2 rings (SSSR count). The summed E-state index contributed by atoms with van der Waals surface area (Å²) in [6.45, 7) is 0. The highest BCUT2D eigenvalue weighted by Crippen LogP contribution is 2.30. The summed E-state index contributed by atoms with van der Waals surface area (Å²) in [5.74, 6) is 5.61. The van der Waals surface area contributed by atoms with Crippen molar-refractivity contribution in [3.63, 3.8) is 0 Å². The molecule has 0 bridgehead atoms. The molecule has 0 aliphatic carbocycles. The van der Waals surface area contributed by atoms with Gasteiger partial charge in [-0.3, -0.25) is 5.84 Å². The van der Waals surface area contributed by atoms with Crippen molar-refractivity contribution in [1.29, 1.82) is 0 Å². The molecule has 0 heterocycles. The van der Waals surface area contributed by atoms with E-state index in [9.17, 15) is 8.42 Å². The van der Waals surface area contributed by atoms with Crippen molar-refractivity contribution < 1.29 is 8.42 Å². The van der Waals surface area contributed by atoms with Gasteiger partial charge in [0.05, 0.1) is 10.9 Å². The Morgan fingerprint density at radius 1 is 1.10 bits per heavy atom. The number of halogens is 2. The highest BCUT2D eigenvalue weighted by molar-refractivity contribution is 7.90. The molecule has 21 heavy (non-hydrogen) atoms. The lowest BCUT2D eigenvalue weighted by atomic mass is 9.99. The molecule has 0 saturated carbocycles. The van der Waals surface area contributed by atoms with Gasteiger partial charge in [-0.05, 0) is 41.5 Å². The van der Waals surface area contributed by atoms with Gasteiger partial charge in [0.25, 0.3) is 0 Å². The lowest BCUT2D eigenvalue weighted by molar-refractivity contribution is 0.601. The minimum absolute atomic E-state index is 0.249. The molecule has 7 heteroatoms. The average molecular weight is 345 g/mol. The molecule has 0 saturated heterocycles. The molecule has 3 N–H and O–H groups in total. The molecule has 0 aliphatic heterocycles. The van der Waals surface area contributed by atoms with Crippen LogP contribution in [0.5, 0.6) is 0 Å². The van der Waals surface area contributed by atoms with E-state index in [1.807, 2.05) is 0 Å². The summed E-state index contributed by atoms with van der Waals surface area (Å²) in [7, 11) is -3.23. The highest BCUT2D eigenvalue weighted by atomic mass is 35.5. The SMILES string of the molecule is CS(=O)(=O)c1ccc(C(NN)c2cc(Cl)ccc2Cl)cc1. The van der Waals surface area contributed by atoms with Gasteiger partial charge in [-0.15, -0.1) is 0 Å². The maximum absolute atomic E-state index is 11.5. The zero-order chi connectivity index (χ0) is 15.6. The number of rotatable bonds is 4. The van der Waals surface area contributed by atoms with Crippen molar-refractivity contribution >= 4 is 33.0 Å². The Kier molecular flexibility index (Phi) is 4.91. The van der Waals surface area contributed by atoms with Crippen molar-refractivity contribution in [3.05, 3.63) is 63.6 Å². The number of nitrogens with two attached hydrogens (primary N) is 1. The molecule has 2 aromatic rings. The third kappa shape index (κ3) is 3.75. The van der Waals surface area contributed by atoms with E-state index < -0.39 is 9.84 Å². The normalized spacial score (nSPS) is 13.1. The number of nitrogens with one attached hydrogen (secondary N) is 1. The Bertz CT molecular complexity index is 746. The first-order chi connectivity index (χ1) is 9.82. The summed E-state index contributed by atoms with van der Waals surface area (Å²) < 4.78 is 22.9. The first-order valence-electron chi connectivity index (χ1n) is 6.04. The third-order valence-electron chi connectivity index (χ3n) is 3.08. The molecular weight excluding hydrogens is 331 g/mol. The lowest BCUT2D eigenvalue weighted by Crippen LogP contribution is -2.29. The van der Waals surface area contributed by atoms with Gasteiger partial charge in [-0.1, -0.05) is 35.3 Å². The number of hydrogen-bond acceptors (Lipinski definition) is 4. The van der Waals surface area contributed by atoms with E-state index in [0.717, 1.165) is 17.4 Å². The zero-order valence-electron chi connectivity index (χ0n) is 11.2. The maximum atomic E-state index is 11.5. The molecule has 0 spiro atoms. The molecule has 0 aliphatic rings. The van der Waals surface area contributed by atoms with Crippen molar-refractivity contribution in [3.8, 4) is 0 Å². The monoisotopic (exact) mass is 344 g/mol. The van der Waals surface area contributed by atoms with Crippen LogP contribution in [0.1, 0.15) is 17.2 Å². The molecule has 2 aromatic carbocycles. The van der Waals surface area contributed by atoms with Gasteiger partial charge in [-0.2, -0.15) is 0 Å². The van der Waals surface area contributed by atoms with Gasteiger partial charge < -0.3 is 0 Å². The minimum atomic E-state index is -3.23. The van der Waals surface area contributed by atoms with E-state index in [2.05, 4.69) is 5.43 Å². The second kappa shape index (κ2) is 6.34. The standard InChI is InChI=1S/C14H14Cl2N2O2S/c1-21(19,20)11-5-2-9(3-6-11)14(18-17)12-8-10(15)4-7-13(12)16/h2-8,14,18H,17H2,1H3. The van der Waals surface area contributed by atoms with Crippen LogP contribution in [0.2, 0.25) is 10.0 Å². The minimum Gasteiger partial charge on any atom is -0.271 e. The lowest BCUT2D eigenvalue weighted by Gasteiger charge is -2.18. The van der Waals surface area contributed by atoms with Gasteiger partial charge in [0.15, 0.2) is 9.84 Å². The van der Waals surface area contributed by atoms with E-state index in [0.29, 0.717) is 10.0 Å². The number of sulfone groups is 1. The van der Waals surface area contributed by atoms with Crippen LogP contribution < -0.4 is 11.3 Å².